The van der Waals surface area contributed by atoms with Gasteiger partial charge in [-0.1, -0.05) is 20.3 Å². The molecule has 1 nitrogen and oxygen atoms in total. The Bertz CT molecular complexity index is 396. The van der Waals surface area contributed by atoms with Gasteiger partial charge in [-0.3, -0.25) is 0 Å². The fourth-order valence-electron chi connectivity index (χ4n) is 2.58. The molecule has 1 aromatic rings. The number of aryl methyl sites for hydroxylation is 1. The van der Waals surface area contributed by atoms with Gasteiger partial charge in [-0.25, -0.2) is 4.39 Å². The van der Waals surface area contributed by atoms with Crippen molar-refractivity contribution in [1.82, 2.24) is 0 Å². The van der Waals surface area contributed by atoms with Crippen molar-refractivity contribution in [3.8, 4) is 5.75 Å². The smallest absolute Gasteiger partial charge is 0.133 e. The lowest BCUT2D eigenvalue weighted by Crippen LogP contribution is -2.03. The van der Waals surface area contributed by atoms with Crippen LogP contribution in [0.25, 0.3) is 0 Å². The maximum Gasteiger partial charge on any atom is 0.133 e. The van der Waals surface area contributed by atoms with E-state index < -0.39 is 0 Å². The molecular weight excluding hydrogens is 203 g/mol. The zero-order valence-electron chi connectivity index (χ0n) is 10.0. The van der Waals surface area contributed by atoms with Crippen LogP contribution in [-0.2, 0) is 12.8 Å². The summed E-state index contributed by atoms with van der Waals surface area (Å²) in [4.78, 5) is 0. The van der Waals surface area contributed by atoms with E-state index in [4.69, 9.17) is 0 Å². The van der Waals surface area contributed by atoms with Crippen LogP contribution < -0.4 is 0 Å². The van der Waals surface area contributed by atoms with Gasteiger partial charge >= 0.3 is 0 Å². The second-order valence-electron chi connectivity index (χ2n) is 4.98. The molecule has 0 fully saturated rings. The zero-order chi connectivity index (χ0) is 11.7. The molecule has 0 amide bonds. The lowest BCUT2D eigenvalue weighted by Gasteiger charge is -2.15. The summed E-state index contributed by atoms with van der Waals surface area (Å²) in [5, 5.41) is 9.87. The minimum atomic E-state index is -0.160. The molecular formula is C14H19FO. The van der Waals surface area contributed by atoms with Crippen molar-refractivity contribution in [3.63, 3.8) is 0 Å². The third-order valence-corrected chi connectivity index (χ3v) is 3.43. The van der Waals surface area contributed by atoms with Gasteiger partial charge in [0.15, 0.2) is 0 Å². The second kappa shape index (κ2) is 4.44. The Kier molecular flexibility index (Phi) is 3.17. The van der Waals surface area contributed by atoms with Crippen LogP contribution in [0.1, 0.15) is 55.7 Å². The number of halogens is 1. The highest BCUT2D eigenvalue weighted by atomic mass is 19.1. The van der Waals surface area contributed by atoms with Gasteiger partial charge in [-0.05, 0) is 48.8 Å². The summed E-state index contributed by atoms with van der Waals surface area (Å²) in [6.45, 7) is 3.84. The monoisotopic (exact) mass is 222 g/mol. The number of rotatable bonds is 1. The van der Waals surface area contributed by atoms with E-state index in [1.165, 1.54) is 0 Å². The van der Waals surface area contributed by atoms with Crippen LogP contribution in [0.2, 0.25) is 0 Å². The maximum absolute atomic E-state index is 14.3. The second-order valence-corrected chi connectivity index (χ2v) is 4.98. The SMILES string of the molecule is CC(C)c1c(O)cc2c(c1F)CCCCC2. The Morgan fingerprint density at radius 3 is 2.56 bits per heavy atom. The van der Waals surface area contributed by atoms with Crippen LogP contribution in [0.4, 0.5) is 4.39 Å². The zero-order valence-corrected chi connectivity index (χ0v) is 10.0. The molecule has 0 saturated heterocycles. The number of hydrogen-bond acceptors (Lipinski definition) is 1. The van der Waals surface area contributed by atoms with E-state index in [0.717, 1.165) is 43.2 Å². The molecule has 1 aliphatic rings. The first kappa shape index (κ1) is 11.4. The highest BCUT2D eigenvalue weighted by Gasteiger charge is 2.20. The van der Waals surface area contributed by atoms with Crippen LogP contribution in [0, 0.1) is 5.82 Å². The Hall–Kier alpha value is -1.05. The fourth-order valence-corrected chi connectivity index (χ4v) is 2.58. The van der Waals surface area contributed by atoms with Gasteiger partial charge in [0, 0.05) is 5.56 Å². The molecule has 0 radical (unpaired) electrons. The Morgan fingerprint density at radius 2 is 1.88 bits per heavy atom. The number of phenols is 1. The van der Waals surface area contributed by atoms with Crippen molar-refractivity contribution in [2.24, 2.45) is 0 Å². The van der Waals surface area contributed by atoms with Crippen molar-refractivity contribution >= 4 is 0 Å². The third-order valence-electron chi connectivity index (χ3n) is 3.43. The predicted octanol–water partition coefficient (Wildman–Crippen LogP) is 3.92. The highest BCUT2D eigenvalue weighted by Crippen LogP contribution is 2.35. The molecule has 0 atom stereocenters. The van der Waals surface area contributed by atoms with Crippen molar-refractivity contribution < 1.29 is 9.50 Å². The fraction of sp³-hybridized carbons (Fsp3) is 0.571. The van der Waals surface area contributed by atoms with E-state index in [1.807, 2.05) is 13.8 Å². The normalized spacial score (nSPS) is 16.0. The molecule has 0 heterocycles. The van der Waals surface area contributed by atoms with E-state index in [2.05, 4.69) is 0 Å². The molecule has 1 aromatic carbocycles. The summed E-state index contributed by atoms with van der Waals surface area (Å²) in [7, 11) is 0. The van der Waals surface area contributed by atoms with Crippen molar-refractivity contribution in [3.05, 3.63) is 28.6 Å². The van der Waals surface area contributed by atoms with E-state index in [1.54, 1.807) is 6.07 Å². The molecule has 2 rings (SSSR count). The number of phenolic OH excluding ortho intramolecular Hbond substituents is 1. The van der Waals surface area contributed by atoms with Crippen LogP contribution in [0.15, 0.2) is 6.07 Å². The highest BCUT2D eigenvalue weighted by molar-refractivity contribution is 5.45. The molecule has 0 bridgehead atoms. The van der Waals surface area contributed by atoms with Crippen molar-refractivity contribution in [1.29, 1.82) is 0 Å². The lowest BCUT2D eigenvalue weighted by atomic mass is 9.93. The molecule has 16 heavy (non-hydrogen) atoms. The van der Waals surface area contributed by atoms with E-state index in [0.29, 0.717) is 5.56 Å². The minimum Gasteiger partial charge on any atom is -0.508 e. The van der Waals surface area contributed by atoms with Gasteiger partial charge in [0.1, 0.15) is 11.6 Å². The number of hydrogen-bond donors (Lipinski definition) is 1. The number of aromatic hydroxyl groups is 1. The number of benzene rings is 1. The summed E-state index contributed by atoms with van der Waals surface area (Å²) in [5.74, 6) is 0.00797. The maximum atomic E-state index is 14.3. The van der Waals surface area contributed by atoms with Gasteiger partial charge < -0.3 is 5.11 Å². The van der Waals surface area contributed by atoms with E-state index in [9.17, 15) is 9.50 Å². The van der Waals surface area contributed by atoms with Crippen LogP contribution in [-0.4, -0.2) is 5.11 Å². The van der Waals surface area contributed by atoms with E-state index >= 15 is 0 Å². The summed E-state index contributed by atoms with van der Waals surface area (Å²) in [5.41, 5.74) is 2.34. The first-order chi connectivity index (χ1) is 7.61. The van der Waals surface area contributed by atoms with Crippen LogP contribution in [0.5, 0.6) is 5.75 Å². The van der Waals surface area contributed by atoms with Crippen molar-refractivity contribution in [2.45, 2.75) is 51.9 Å². The molecule has 0 spiro atoms. The number of fused-ring (bicyclic) bond motifs is 1. The van der Waals surface area contributed by atoms with Gasteiger partial charge in [-0.2, -0.15) is 0 Å². The summed E-state index contributed by atoms with van der Waals surface area (Å²) >= 11 is 0. The minimum absolute atomic E-state index is 0.0357. The lowest BCUT2D eigenvalue weighted by molar-refractivity contribution is 0.450. The Morgan fingerprint density at radius 1 is 1.19 bits per heavy atom. The molecule has 88 valence electrons. The quantitative estimate of drug-likeness (QED) is 0.714. The van der Waals surface area contributed by atoms with Gasteiger partial charge in [-0.15, -0.1) is 0 Å². The van der Waals surface area contributed by atoms with Crippen molar-refractivity contribution in [2.75, 3.05) is 0 Å². The molecule has 2 heteroatoms. The predicted molar refractivity (Wildman–Crippen MR) is 63.4 cm³/mol. The molecule has 0 saturated carbocycles. The Balaban J connectivity index is 2.56. The topological polar surface area (TPSA) is 20.2 Å². The van der Waals surface area contributed by atoms with Gasteiger partial charge in [0.2, 0.25) is 0 Å². The summed E-state index contributed by atoms with van der Waals surface area (Å²) < 4.78 is 14.3. The standard InChI is InChI=1S/C14H19FO/c1-9(2)13-12(16)8-10-6-4-3-5-7-11(10)14(13)15/h8-9,16H,3-7H2,1-2H3. The molecule has 0 aromatic heterocycles. The molecule has 1 N–H and O–H groups in total. The molecule has 0 unspecified atom stereocenters. The average Bonchev–Trinajstić information content (AvgIpc) is 2.42. The largest absolute Gasteiger partial charge is 0.508 e. The van der Waals surface area contributed by atoms with Crippen LogP contribution >= 0.6 is 0 Å². The third kappa shape index (κ3) is 1.93. The molecule has 1 aliphatic carbocycles. The summed E-state index contributed by atoms with van der Waals surface area (Å²) in [6.07, 6.45) is 5.05. The Labute approximate surface area is 96.3 Å². The van der Waals surface area contributed by atoms with E-state index in [-0.39, 0.29) is 17.5 Å². The first-order valence-electron chi connectivity index (χ1n) is 6.14. The summed E-state index contributed by atoms with van der Waals surface area (Å²) in [6, 6.07) is 1.78. The average molecular weight is 222 g/mol. The molecule has 0 aliphatic heterocycles. The van der Waals surface area contributed by atoms with Crippen LogP contribution in [0.3, 0.4) is 0 Å². The van der Waals surface area contributed by atoms with Gasteiger partial charge in [0.05, 0.1) is 0 Å². The van der Waals surface area contributed by atoms with Gasteiger partial charge in [0.25, 0.3) is 0 Å². The first-order valence-corrected chi connectivity index (χ1v) is 6.14.